The van der Waals surface area contributed by atoms with Crippen molar-refractivity contribution in [3.63, 3.8) is 0 Å². The number of carbonyl (C=O) groups excluding carboxylic acids is 1. The highest BCUT2D eigenvalue weighted by Gasteiger charge is 2.43. The number of rotatable bonds is 2. The minimum absolute atomic E-state index is 0.0151. The van der Waals surface area contributed by atoms with Gasteiger partial charge in [-0.3, -0.25) is 19.8 Å². The lowest BCUT2D eigenvalue weighted by atomic mass is 9.89. The zero-order chi connectivity index (χ0) is 17.6. The van der Waals surface area contributed by atoms with Crippen LogP contribution < -0.4 is 5.32 Å². The monoisotopic (exact) mass is 358 g/mol. The van der Waals surface area contributed by atoms with Crippen LogP contribution in [-0.2, 0) is 4.79 Å². The smallest absolute Gasteiger partial charge is 0.294 e. The van der Waals surface area contributed by atoms with E-state index in [0.29, 0.717) is 30.0 Å². The lowest BCUT2D eigenvalue weighted by molar-refractivity contribution is -0.433. The summed E-state index contributed by atoms with van der Waals surface area (Å²) in [6.45, 7) is 1.10. The maximum absolute atomic E-state index is 12.5. The van der Waals surface area contributed by atoms with E-state index in [1.54, 1.807) is 6.07 Å². The molecule has 25 heavy (non-hydrogen) atoms. The third-order valence-corrected chi connectivity index (χ3v) is 4.95. The fourth-order valence-electron chi connectivity index (χ4n) is 3.50. The summed E-state index contributed by atoms with van der Waals surface area (Å²) in [4.78, 5) is 29.7. The van der Waals surface area contributed by atoms with Gasteiger partial charge in [0.15, 0.2) is 5.82 Å². The molecule has 1 aromatic carbocycles. The topological polar surface area (TPSA) is 88.4 Å². The molecule has 1 aromatic heterocycles. The highest BCUT2D eigenvalue weighted by Crippen LogP contribution is 2.40. The number of nitrogens with zero attached hydrogens (tertiary/aromatic N) is 3. The van der Waals surface area contributed by atoms with Crippen LogP contribution in [0.15, 0.2) is 41.8 Å². The summed E-state index contributed by atoms with van der Waals surface area (Å²) >= 11 is 6.33. The molecule has 1 fully saturated rings. The molecule has 1 saturated heterocycles. The van der Waals surface area contributed by atoms with Crippen LogP contribution in [0.4, 0.5) is 0 Å². The van der Waals surface area contributed by atoms with Crippen molar-refractivity contribution >= 4 is 28.4 Å². The number of benzene rings is 1. The first-order valence-corrected chi connectivity index (χ1v) is 8.42. The maximum atomic E-state index is 12.5. The molecular weight excluding hydrogens is 344 g/mol. The fourth-order valence-corrected chi connectivity index (χ4v) is 3.78. The van der Waals surface area contributed by atoms with Crippen molar-refractivity contribution < 1.29 is 9.72 Å². The van der Waals surface area contributed by atoms with Crippen molar-refractivity contribution in [1.82, 2.24) is 15.2 Å². The lowest BCUT2D eigenvalue weighted by Crippen LogP contribution is -2.48. The van der Waals surface area contributed by atoms with Crippen LogP contribution in [0.25, 0.3) is 10.9 Å². The Labute approximate surface area is 148 Å². The van der Waals surface area contributed by atoms with Crippen molar-refractivity contribution in [1.29, 1.82) is 0 Å². The van der Waals surface area contributed by atoms with E-state index in [2.05, 4.69) is 10.3 Å². The van der Waals surface area contributed by atoms with Gasteiger partial charge in [-0.05, 0) is 18.6 Å². The van der Waals surface area contributed by atoms with Crippen LogP contribution in [0, 0.1) is 10.1 Å². The predicted octanol–water partition coefficient (Wildman–Crippen LogP) is 2.64. The summed E-state index contributed by atoms with van der Waals surface area (Å²) in [5.41, 5.74) is 1.21. The number of pyridine rings is 1. The second-order valence-corrected chi connectivity index (χ2v) is 6.49. The Balaban J connectivity index is 1.90. The van der Waals surface area contributed by atoms with E-state index >= 15 is 0 Å². The Hall–Kier alpha value is -2.67. The van der Waals surface area contributed by atoms with E-state index in [9.17, 15) is 14.9 Å². The number of nitrogens with one attached hydrogen (secondary N) is 1. The van der Waals surface area contributed by atoms with E-state index in [0.717, 1.165) is 11.8 Å². The summed E-state index contributed by atoms with van der Waals surface area (Å²) in [5.74, 6) is -0.562. The largest absolute Gasteiger partial charge is 0.366 e. The number of hydrogen-bond donors (Lipinski definition) is 1. The minimum Gasteiger partial charge on any atom is -0.366 e. The van der Waals surface area contributed by atoms with Crippen LogP contribution in [0.3, 0.4) is 0 Å². The normalized spacial score (nSPS) is 20.4. The first kappa shape index (κ1) is 15.8. The summed E-state index contributed by atoms with van der Waals surface area (Å²) in [5, 5.41) is 15.8. The Morgan fingerprint density at radius 3 is 2.96 bits per heavy atom. The molecule has 1 atom stereocenters. The molecule has 1 N–H and O–H groups in total. The molecule has 2 aliphatic rings. The molecule has 0 radical (unpaired) electrons. The Bertz CT molecular complexity index is 927. The number of amides is 1. The molecule has 4 rings (SSSR count). The summed E-state index contributed by atoms with van der Waals surface area (Å²) in [7, 11) is 0. The van der Waals surface area contributed by atoms with Crippen LogP contribution in [-0.4, -0.2) is 33.8 Å². The molecule has 0 spiro atoms. The van der Waals surface area contributed by atoms with Crippen LogP contribution >= 0.6 is 11.6 Å². The lowest BCUT2D eigenvalue weighted by Gasteiger charge is -2.35. The summed E-state index contributed by atoms with van der Waals surface area (Å²) in [6.07, 6.45) is 0.782. The molecule has 8 heteroatoms. The van der Waals surface area contributed by atoms with Crippen molar-refractivity contribution in [3.8, 4) is 0 Å². The van der Waals surface area contributed by atoms with Crippen molar-refractivity contribution in [2.75, 3.05) is 13.1 Å². The SMILES string of the molecule is O=C1CC(c2cc3ccccc3nc2Cl)C([N+](=O)[O-])=C2NCCCN12. The van der Waals surface area contributed by atoms with E-state index in [1.165, 1.54) is 4.90 Å². The molecule has 2 aliphatic heterocycles. The first-order valence-electron chi connectivity index (χ1n) is 8.04. The van der Waals surface area contributed by atoms with Gasteiger partial charge < -0.3 is 5.32 Å². The zero-order valence-corrected chi connectivity index (χ0v) is 14.0. The second kappa shape index (κ2) is 6.00. The number of nitro groups is 1. The van der Waals surface area contributed by atoms with Gasteiger partial charge in [0.05, 0.1) is 16.4 Å². The molecule has 3 heterocycles. The third-order valence-electron chi connectivity index (χ3n) is 4.65. The molecule has 2 aromatic rings. The molecule has 0 aliphatic carbocycles. The van der Waals surface area contributed by atoms with Gasteiger partial charge in [0.2, 0.25) is 5.91 Å². The van der Waals surface area contributed by atoms with E-state index in [1.807, 2.05) is 24.3 Å². The molecule has 0 saturated carbocycles. The van der Waals surface area contributed by atoms with E-state index in [4.69, 9.17) is 11.6 Å². The van der Waals surface area contributed by atoms with Crippen molar-refractivity contribution in [2.24, 2.45) is 0 Å². The standard InChI is InChI=1S/C17H15ClN4O3/c18-16-12(8-10-4-1-2-5-13(10)20-16)11-9-14(23)21-7-3-6-19-17(21)15(11)22(24)25/h1-2,4-5,8,11,19H,3,6-7,9H2. The third kappa shape index (κ3) is 2.60. The van der Waals surface area contributed by atoms with Gasteiger partial charge in [0, 0.05) is 30.5 Å². The van der Waals surface area contributed by atoms with Gasteiger partial charge in [-0.1, -0.05) is 29.8 Å². The van der Waals surface area contributed by atoms with Gasteiger partial charge >= 0.3 is 0 Å². The van der Waals surface area contributed by atoms with Crippen LogP contribution in [0.5, 0.6) is 0 Å². The zero-order valence-electron chi connectivity index (χ0n) is 13.2. The van der Waals surface area contributed by atoms with E-state index < -0.39 is 10.8 Å². The van der Waals surface area contributed by atoms with Crippen molar-refractivity contribution in [3.05, 3.63) is 62.7 Å². The molecule has 7 nitrogen and oxygen atoms in total. The number of allylic oxidation sites excluding steroid dienone is 1. The molecule has 1 unspecified atom stereocenters. The number of carbonyl (C=O) groups is 1. The quantitative estimate of drug-likeness (QED) is 0.506. The number of aromatic nitrogens is 1. The molecule has 128 valence electrons. The summed E-state index contributed by atoms with van der Waals surface area (Å²) in [6, 6.07) is 9.21. The predicted molar refractivity (Wildman–Crippen MR) is 92.5 cm³/mol. The van der Waals surface area contributed by atoms with Crippen LogP contribution in [0.1, 0.15) is 24.3 Å². The highest BCUT2D eigenvalue weighted by atomic mass is 35.5. The number of hydrogen-bond acceptors (Lipinski definition) is 5. The molecule has 0 bridgehead atoms. The minimum atomic E-state index is -0.719. The van der Waals surface area contributed by atoms with Gasteiger partial charge in [-0.2, -0.15) is 0 Å². The maximum Gasteiger partial charge on any atom is 0.294 e. The van der Waals surface area contributed by atoms with Crippen molar-refractivity contribution in [2.45, 2.75) is 18.8 Å². The first-order chi connectivity index (χ1) is 12.1. The van der Waals surface area contributed by atoms with E-state index in [-0.39, 0.29) is 23.2 Å². The number of fused-ring (bicyclic) bond motifs is 2. The number of para-hydroxylation sites is 1. The number of halogens is 1. The Kier molecular flexibility index (Phi) is 3.80. The average molecular weight is 359 g/mol. The van der Waals surface area contributed by atoms with Gasteiger partial charge in [0.1, 0.15) is 5.15 Å². The van der Waals surface area contributed by atoms with Gasteiger partial charge in [-0.25, -0.2) is 4.98 Å². The molecular formula is C17H15ClN4O3. The van der Waals surface area contributed by atoms with Crippen LogP contribution in [0.2, 0.25) is 5.15 Å². The van der Waals surface area contributed by atoms with Gasteiger partial charge in [0.25, 0.3) is 5.70 Å². The Morgan fingerprint density at radius 1 is 1.36 bits per heavy atom. The second-order valence-electron chi connectivity index (χ2n) is 6.13. The fraction of sp³-hybridized carbons (Fsp3) is 0.294. The average Bonchev–Trinajstić information content (AvgIpc) is 2.60. The summed E-state index contributed by atoms with van der Waals surface area (Å²) < 4.78 is 0. The highest BCUT2D eigenvalue weighted by molar-refractivity contribution is 6.30. The van der Waals surface area contributed by atoms with Gasteiger partial charge in [-0.15, -0.1) is 0 Å². The Morgan fingerprint density at radius 2 is 2.16 bits per heavy atom. The molecule has 1 amide bonds.